The number of nitrogens with two attached hydrogens (primary N) is 1. The zero-order valence-corrected chi connectivity index (χ0v) is 12.0. The predicted molar refractivity (Wildman–Crippen MR) is 80.5 cm³/mol. The molecule has 1 aromatic carbocycles. The molecule has 1 aliphatic rings. The molecule has 114 valence electrons. The summed E-state index contributed by atoms with van der Waals surface area (Å²) in [6.45, 7) is 1.17. The number of carbonyl (C=O) groups is 1. The first-order chi connectivity index (χ1) is 10.1. The Bertz CT molecular complexity index is 547. The summed E-state index contributed by atoms with van der Waals surface area (Å²) >= 11 is 0. The number of hydrogen-bond acceptors (Lipinski definition) is 5. The minimum atomic E-state index is -0.412. The highest BCUT2D eigenvalue weighted by Crippen LogP contribution is 2.33. The standard InChI is InChI=1S/C14H20N4O3/c1-16-14(19)10-5-6-12(18(20)21)13(8-10)17-7-3-2-4-11(17)9-15/h5-6,8,11H,2-4,7,9,15H2,1H3,(H,16,19). The lowest BCUT2D eigenvalue weighted by Gasteiger charge is -2.36. The second-order valence-electron chi connectivity index (χ2n) is 5.12. The van der Waals surface area contributed by atoms with Crippen molar-refractivity contribution >= 4 is 17.3 Å². The topological polar surface area (TPSA) is 101 Å². The molecule has 0 saturated carbocycles. The van der Waals surface area contributed by atoms with Crippen molar-refractivity contribution in [2.45, 2.75) is 25.3 Å². The van der Waals surface area contributed by atoms with E-state index in [4.69, 9.17) is 5.73 Å². The van der Waals surface area contributed by atoms with E-state index >= 15 is 0 Å². The number of nitro benzene ring substituents is 1. The molecule has 1 unspecified atom stereocenters. The van der Waals surface area contributed by atoms with E-state index in [0.717, 1.165) is 25.8 Å². The Labute approximate surface area is 123 Å². The third kappa shape index (κ3) is 3.13. The van der Waals surface area contributed by atoms with Crippen molar-refractivity contribution in [3.05, 3.63) is 33.9 Å². The molecule has 1 heterocycles. The fraction of sp³-hybridized carbons (Fsp3) is 0.500. The van der Waals surface area contributed by atoms with E-state index < -0.39 is 4.92 Å². The molecule has 21 heavy (non-hydrogen) atoms. The Morgan fingerprint density at radius 3 is 2.90 bits per heavy atom. The quantitative estimate of drug-likeness (QED) is 0.643. The van der Waals surface area contributed by atoms with Gasteiger partial charge in [0.15, 0.2) is 0 Å². The maximum absolute atomic E-state index is 11.8. The summed E-state index contributed by atoms with van der Waals surface area (Å²) in [7, 11) is 1.53. The number of hydrogen-bond donors (Lipinski definition) is 2. The second kappa shape index (κ2) is 6.53. The van der Waals surface area contributed by atoms with Gasteiger partial charge in [-0.15, -0.1) is 0 Å². The van der Waals surface area contributed by atoms with Gasteiger partial charge in [0.1, 0.15) is 5.69 Å². The number of benzene rings is 1. The van der Waals surface area contributed by atoms with Gasteiger partial charge in [-0.1, -0.05) is 0 Å². The Hall–Kier alpha value is -2.15. The number of piperidine rings is 1. The highest BCUT2D eigenvalue weighted by molar-refractivity contribution is 5.95. The molecular weight excluding hydrogens is 272 g/mol. The molecule has 7 nitrogen and oxygen atoms in total. The molecular formula is C14H20N4O3. The number of anilines is 1. The Balaban J connectivity index is 2.46. The summed E-state index contributed by atoms with van der Waals surface area (Å²) in [4.78, 5) is 24.6. The van der Waals surface area contributed by atoms with Crippen LogP contribution in [0, 0.1) is 10.1 Å². The first-order valence-corrected chi connectivity index (χ1v) is 7.05. The molecule has 0 radical (unpaired) electrons. The number of nitrogens with one attached hydrogen (secondary N) is 1. The maximum atomic E-state index is 11.8. The minimum Gasteiger partial charge on any atom is -0.362 e. The van der Waals surface area contributed by atoms with E-state index in [1.165, 1.54) is 19.2 Å². The van der Waals surface area contributed by atoms with Crippen LogP contribution in [0.15, 0.2) is 18.2 Å². The summed E-state index contributed by atoms with van der Waals surface area (Å²) in [5.41, 5.74) is 6.71. The van der Waals surface area contributed by atoms with E-state index in [2.05, 4.69) is 5.32 Å². The van der Waals surface area contributed by atoms with Gasteiger partial charge in [0.2, 0.25) is 0 Å². The largest absolute Gasteiger partial charge is 0.362 e. The van der Waals surface area contributed by atoms with E-state index in [1.807, 2.05) is 4.90 Å². The van der Waals surface area contributed by atoms with Crippen LogP contribution in [0.2, 0.25) is 0 Å². The molecule has 7 heteroatoms. The van der Waals surface area contributed by atoms with Gasteiger partial charge >= 0.3 is 0 Å². The normalized spacial score (nSPS) is 18.4. The summed E-state index contributed by atoms with van der Waals surface area (Å²) < 4.78 is 0. The van der Waals surface area contributed by atoms with Gasteiger partial charge in [-0.25, -0.2) is 0 Å². The van der Waals surface area contributed by atoms with E-state index in [0.29, 0.717) is 17.8 Å². The average Bonchev–Trinajstić information content (AvgIpc) is 2.53. The van der Waals surface area contributed by atoms with Crippen molar-refractivity contribution in [1.82, 2.24) is 5.32 Å². The van der Waals surface area contributed by atoms with Crippen molar-refractivity contribution < 1.29 is 9.72 Å². The van der Waals surface area contributed by atoms with Crippen molar-refractivity contribution in [3.8, 4) is 0 Å². The monoisotopic (exact) mass is 292 g/mol. The molecule has 1 atom stereocenters. The van der Waals surface area contributed by atoms with Gasteiger partial charge in [-0.2, -0.15) is 0 Å². The molecule has 0 aliphatic carbocycles. The first kappa shape index (κ1) is 15.2. The zero-order valence-electron chi connectivity index (χ0n) is 12.0. The number of carbonyl (C=O) groups excluding carboxylic acids is 1. The van der Waals surface area contributed by atoms with Gasteiger partial charge in [-0.3, -0.25) is 14.9 Å². The van der Waals surface area contributed by atoms with Crippen LogP contribution in [0.1, 0.15) is 29.6 Å². The SMILES string of the molecule is CNC(=O)c1ccc([N+](=O)[O-])c(N2CCCCC2CN)c1. The van der Waals surface area contributed by atoms with Crippen molar-refractivity contribution in [3.63, 3.8) is 0 Å². The van der Waals surface area contributed by atoms with Crippen LogP contribution in [0.3, 0.4) is 0 Å². The van der Waals surface area contributed by atoms with Gasteiger partial charge in [0, 0.05) is 37.8 Å². The zero-order chi connectivity index (χ0) is 15.4. The third-order valence-corrected chi connectivity index (χ3v) is 3.87. The molecule has 3 N–H and O–H groups in total. The highest BCUT2D eigenvalue weighted by atomic mass is 16.6. The van der Waals surface area contributed by atoms with Crippen LogP contribution >= 0.6 is 0 Å². The fourth-order valence-electron chi connectivity index (χ4n) is 2.76. The van der Waals surface area contributed by atoms with Crippen molar-refractivity contribution in [2.75, 3.05) is 25.0 Å². The smallest absolute Gasteiger partial charge is 0.292 e. The minimum absolute atomic E-state index is 0.0167. The van der Waals surface area contributed by atoms with Gasteiger partial charge in [-0.05, 0) is 31.4 Å². The average molecular weight is 292 g/mol. The molecule has 0 spiro atoms. The summed E-state index contributed by atoms with van der Waals surface area (Å²) in [5, 5.41) is 13.8. The van der Waals surface area contributed by atoms with E-state index in [9.17, 15) is 14.9 Å². The van der Waals surface area contributed by atoms with E-state index in [1.54, 1.807) is 6.07 Å². The summed E-state index contributed by atoms with van der Waals surface area (Å²) in [6.07, 6.45) is 2.96. The maximum Gasteiger partial charge on any atom is 0.292 e. The third-order valence-electron chi connectivity index (χ3n) is 3.87. The molecule has 1 saturated heterocycles. The van der Waals surface area contributed by atoms with Crippen molar-refractivity contribution in [2.24, 2.45) is 5.73 Å². The van der Waals surface area contributed by atoms with Gasteiger partial charge in [0.25, 0.3) is 11.6 Å². The van der Waals surface area contributed by atoms with Gasteiger partial charge < -0.3 is 16.0 Å². The summed E-state index contributed by atoms with van der Waals surface area (Å²) in [5.74, 6) is -0.257. The molecule has 2 rings (SSSR count). The lowest BCUT2D eigenvalue weighted by molar-refractivity contribution is -0.384. The van der Waals surface area contributed by atoms with Crippen LogP contribution < -0.4 is 16.0 Å². The lowest BCUT2D eigenvalue weighted by Crippen LogP contribution is -2.44. The fourth-order valence-corrected chi connectivity index (χ4v) is 2.76. The molecule has 1 amide bonds. The predicted octanol–water partition coefficient (Wildman–Crippen LogP) is 1.27. The van der Waals surface area contributed by atoms with Gasteiger partial charge in [0.05, 0.1) is 4.92 Å². The lowest BCUT2D eigenvalue weighted by atomic mass is 10.00. The van der Waals surface area contributed by atoms with E-state index in [-0.39, 0.29) is 17.6 Å². The molecule has 1 aromatic rings. The van der Waals surface area contributed by atoms with Crippen molar-refractivity contribution in [1.29, 1.82) is 0 Å². The number of amides is 1. The Kier molecular flexibility index (Phi) is 4.74. The number of nitro groups is 1. The van der Waals surface area contributed by atoms with Crippen LogP contribution in [0.4, 0.5) is 11.4 Å². The summed E-state index contributed by atoms with van der Waals surface area (Å²) in [6, 6.07) is 4.53. The van der Waals surface area contributed by atoms with Crippen LogP contribution in [0.5, 0.6) is 0 Å². The van der Waals surface area contributed by atoms with Crippen LogP contribution in [-0.2, 0) is 0 Å². The Morgan fingerprint density at radius 1 is 1.52 bits per heavy atom. The molecule has 0 aromatic heterocycles. The number of nitrogens with zero attached hydrogens (tertiary/aromatic N) is 2. The van der Waals surface area contributed by atoms with Crippen LogP contribution in [-0.4, -0.2) is 37.0 Å². The highest BCUT2D eigenvalue weighted by Gasteiger charge is 2.28. The van der Waals surface area contributed by atoms with Crippen LogP contribution in [0.25, 0.3) is 0 Å². The number of rotatable bonds is 4. The molecule has 1 fully saturated rings. The first-order valence-electron chi connectivity index (χ1n) is 7.05. The molecule has 0 bridgehead atoms. The second-order valence-corrected chi connectivity index (χ2v) is 5.12. The molecule has 1 aliphatic heterocycles. The Morgan fingerprint density at radius 2 is 2.29 bits per heavy atom.